The molecule has 8 heteroatoms. The fraction of sp³-hybridized carbons (Fsp3) is 0.0833. The van der Waals surface area contributed by atoms with Crippen molar-refractivity contribution in [2.75, 3.05) is 16.0 Å². The molecule has 0 saturated heterocycles. The average molecular weight is 428 g/mol. The Morgan fingerprint density at radius 2 is 1.44 bits per heavy atom. The standard InChI is InChI=1S/C24H21FN6O/c1-15-11-12-26-21(13-15)31-23-14-22(27-16(2)28-23)29-19-7-9-20(10-8-19)30-24(32)17-3-5-18(25)6-4-17/h3-14H,1-2H3,(H,30,32)(H2,26,27,28,29,31). The van der Waals surface area contributed by atoms with Crippen LogP contribution >= 0.6 is 0 Å². The van der Waals surface area contributed by atoms with Crippen molar-refractivity contribution in [2.24, 2.45) is 0 Å². The molecule has 0 bridgehead atoms. The first-order valence-electron chi connectivity index (χ1n) is 9.94. The minimum absolute atomic E-state index is 0.308. The summed E-state index contributed by atoms with van der Waals surface area (Å²) >= 11 is 0. The van der Waals surface area contributed by atoms with E-state index in [2.05, 4.69) is 30.9 Å². The lowest BCUT2D eigenvalue weighted by Crippen LogP contribution is -2.11. The van der Waals surface area contributed by atoms with Gasteiger partial charge in [-0.15, -0.1) is 0 Å². The van der Waals surface area contributed by atoms with E-state index in [-0.39, 0.29) is 11.7 Å². The largest absolute Gasteiger partial charge is 0.340 e. The fourth-order valence-electron chi connectivity index (χ4n) is 3.02. The average Bonchev–Trinajstić information content (AvgIpc) is 2.75. The van der Waals surface area contributed by atoms with Crippen molar-refractivity contribution in [3.8, 4) is 0 Å². The summed E-state index contributed by atoms with van der Waals surface area (Å²) in [6, 6.07) is 18.2. The molecule has 2 aromatic heterocycles. The number of benzene rings is 2. The summed E-state index contributed by atoms with van der Waals surface area (Å²) in [7, 11) is 0. The number of anilines is 5. The van der Waals surface area contributed by atoms with E-state index < -0.39 is 0 Å². The van der Waals surface area contributed by atoms with Crippen molar-refractivity contribution < 1.29 is 9.18 Å². The number of hydrogen-bond acceptors (Lipinski definition) is 6. The first-order valence-corrected chi connectivity index (χ1v) is 9.94. The lowest BCUT2D eigenvalue weighted by atomic mass is 10.2. The molecule has 4 rings (SSSR count). The van der Waals surface area contributed by atoms with Gasteiger partial charge in [-0.2, -0.15) is 0 Å². The van der Waals surface area contributed by atoms with Crippen LogP contribution in [0.2, 0.25) is 0 Å². The van der Waals surface area contributed by atoms with Gasteiger partial charge in [0.05, 0.1) is 0 Å². The zero-order chi connectivity index (χ0) is 22.5. The highest BCUT2D eigenvalue weighted by atomic mass is 19.1. The normalized spacial score (nSPS) is 10.5. The number of rotatable bonds is 6. The molecular formula is C24H21FN6O. The van der Waals surface area contributed by atoms with Crippen LogP contribution in [0.1, 0.15) is 21.7 Å². The summed E-state index contributed by atoms with van der Waals surface area (Å²) in [5.74, 6) is 1.86. The van der Waals surface area contributed by atoms with Crippen molar-refractivity contribution in [3.63, 3.8) is 0 Å². The van der Waals surface area contributed by atoms with Crippen molar-refractivity contribution in [2.45, 2.75) is 13.8 Å². The maximum atomic E-state index is 13.0. The second kappa shape index (κ2) is 9.22. The Hall–Kier alpha value is -4.33. The van der Waals surface area contributed by atoms with Crippen LogP contribution in [0.15, 0.2) is 72.9 Å². The van der Waals surface area contributed by atoms with Crippen LogP contribution in [0.5, 0.6) is 0 Å². The first kappa shape index (κ1) is 20.9. The van der Waals surface area contributed by atoms with Crippen molar-refractivity contribution in [1.82, 2.24) is 15.0 Å². The SMILES string of the molecule is Cc1ccnc(Nc2cc(Nc3ccc(NC(=O)c4ccc(F)cc4)cc3)nc(C)n2)c1. The maximum absolute atomic E-state index is 13.0. The predicted octanol–water partition coefficient (Wildman–Crippen LogP) is 5.37. The van der Waals surface area contributed by atoms with Gasteiger partial charge in [0.2, 0.25) is 0 Å². The second-order valence-corrected chi connectivity index (χ2v) is 7.19. The molecule has 0 unspecified atom stereocenters. The molecule has 0 aliphatic carbocycles. The number of nitrogens with one attached hydrogen (secondary N) is 3. The Balaban J connectivity index is 1.43. The van der Waals surface area contributed by atoms with Crippen LogP contribution in [0.4, 0.5) is 33.2 Å². The molecule has 2 heterocycles. The van der Waals surface area contributed by atoms with Gasteiger partial charge >= 0.3 is 0 Å². The molecule has 0 radical (unpaired) electrons. The Bertz CT molecular complexity index is 1240. The van der Waals surface area contributed by atoms with Crippen LogP contribution in [-0.4, -0.2) is 20.9 Å². The molecule has 0 saturated carbocycles. The quantitative estimate of drug-likeness (QED) is 0.383. The predicted molar refractivity (Wildman–Crippen MR) is 123 cm³/mol. The van der Waals surface area contributed by atoms with Gasteiger partial charge in [0.1, 0.15) is 29.1 Å². The van der Waals surface area contributed by atoms with E-state index in [0.717, 1.165) is 11.3 Å². The van der Waals surface area contributed by atoms with E-state index in [1.165, 1.54) is 24.3 Å². The molecule has 1 amide bonds. The van der Waals surface area contributed by atoms with Crippen LogP contribution in [0, 0.1) is 19.7 Å². The molecule has 0 spiro atoms. The van der Waals surface area contributed by atoms with E-state index in [4.69, 9.17) is 0 Å². The van der Waals surface area contributed by atoms with E-state index >= 15 is 0 Å². The van der Waals surface area contributed by atoms with Crippen molar-refractivity contribution in [1.29, 1.82) is 0 Å². The van der Waals surface area contributed by atoms with Crippen molar-refractivity contribution in [3.05, 3.63) is 95.7 Å². The highest BCUT2D eigenvalue weighted by Crippen LogP contribution is 2.21. The summed E-state index contributed by atoms with van der Waals surface area (Å²) in [5.41, 5.74) is 2.89. The van der Waals surface area contributed by atoms with Gasteiger partial charge in [0.25, 0.3) is 5.91 Å². The molecule has 4 aromatic rings. The Morgan fingerprint density at radius 1 is 0.781 bits per heavy atom. The number of aryl methyl sites for hydroxylation is 2. The van der Waals surface area contributed by atoms with Crippen LogP contribution in [-0.2, 0) is 0 Å². The fourth-order valence-corrected chi connectivity index (χ4v) is 3.02. The summed E-state index contributed by atoms with van der Waals surface area (Å²) < 4.78 is 13.0. The molecule has 0 atom stereocenters. The highest BCUT2D eigenvalue weighted by Gasteiger charge is 2.07. The topological polar surface area (TPSA) is 91.8 Å². The summed E-state index contributed by atoms with van der Waals surface area (Å²) in [6.07, 6.45) is 1.74. The molecule has 0 aliphatic heterocycles. The number of pyridine rings is 1. The third kappa shape index (κ3) is 5.42. The number of carbonyl (C=O) groups excluding carboxylic acids is 1. The zero-order valence-corrected chi connectivity index (χ0v) is 17.6. The van der Waals surface area contributed by atoms with Gasteiger partial charge in [-0.1, -0.05) is 0 Å². The van der Waals surface area contributed by atoms with Gasteiger partial charge in [-0.25, -0.2) is 19.3 Å². The van der Waals surface area contributed by atoms with Gasteiger partial charge in [0.15, 0.2) is 0 Å². The van der Waals surface area contributed by atoms with Crippen LogP contribution < -0.4 is 16.0 Å². The van der Waals surface area contributed by atoms with Gasteiger partial charge in [-0.3, -0.25) is 4.79 Å². The van der Waals surface area contributed by atoms with Crippen molar-refractivity contribution >= 4 is 34.7 Å². The molecule has 3 N–H and O–H groups in total. The molecular weight excluding hydrogens is 407 g/mol. The van der Waals surface area contributed by atoms with Gasteiger partial charge in [-0.05, 0) is 80.1 Å². The Labute approximate surface area is 184 Å². The zero-order valence-electron chi connectivity index (χ0n) is 17.6. The first-order chi connectivity index (χ1) is 15.4. The van der Waals surface area contributed by atoms with E-state index in [1.54, 1.807) is 24.4 Å². The lowest BCUT2D eigenvalue weighted by Gasteiger charge is -2.11. The van der Waals surface area contributed by atoms with Crippen LogP contribution in [0.25, 0.3) is 0 Å². The minimum Gasteiger partial charge on any atom is -0.340 e. The molecule has 2 aromatic carbocycles. The smallest absolute Gasteiger partial charge is 0.255 e. The number of hydrogen-bond donors (Lipinski definition) is 3. The number of aromatic nitrogens is 3. The Morgan fingerprint density at radius 3 is 2.12 bits per heavy atom. The number of carbonyl (C=O) groups is 1. The number of amides is 1. The van der Waals surface area contributed by atoms with Gasteiger partial charge in [0, 0.05) is 29.2 Å². The summed E-state index contributed by atoms with van der Waals surface area (Å²) in [5, 5.41) is 9.21. The summed E-state index contributed by atoms with van der Waals surface area (Å²) in [4.78, 5) is 25.4. The Kier molecular flexibility index (Phi) is 6.03. The highest BCUT2D eigenvalue weighted by molar-refractivity contribution is 6.04. The lowest BCUT2D eigenvalue weighted by molar-refractivity contribution is 0.102. The monoisotopic (exact) mass is 428 g/mol. The molecule has 0 fully saturated rings. The third-order valence-corrected chi connectivity index (χ3v) is 4.53. The van der Waals surface area contributed by atoms with Gasteiger partial charge < -0.3 is 16.0 Å². The minimum atomic E-state index is -0.384. The van der Waals surface area contributed by atoms with E-state index in [1.807, 2.05) is 38.1 Å². The molecule has 7 nitrogen and oxygen atoms in total. The van der Waals surface area contributed by atoms with E-state index in [0.29, 0.717) is 34.5 Å². The number of nitrogens with zero attached hydrogens (tertiary/aromatic N) is 3. The molecule has 160 valence electrons. The third-order valence-electron chi connectivity index (χ3n) is 4.53. The second-order valence-electron chi connectivity index (χ2n) is 7.19. The molecule has 0 aliphatic rings. The molecule has 32 heavy (non-hydrogen) atoms. The van der Waals surface area contributed by atoms with Crippen LogP contribution in [0.3, 0.4) is 0 Å². The number of halogens is 1. The maximum Gasteiger partial charge on any atom is 0.255 e. The van der Waals surface area contributed by atoms with E-state index in [9.17, 15) is 9.18 Å². The summed E-state index contributed by atoms with van der Waals surface area (Å²) in [6.45, 7) is 3.81.